The van der Waals surface area contributed by atoms with Crippen molar-refractivity contribution in [2.45, 2.75) is 32.6 Å². The maximum absolute atomic E-state index is 12.5. The number of carbonyl (C=O) groups is 1. The topological polar surface area (TPSA) is 50.4 Å². The minimum atomic E-state index is -0.307. The number of fused-ring (bicyclic) bond motifs is 1. The van der Waals surface area contributed by atoms with Gasteiger partial charge in [0.2, 0.25) is 0 Å². The first-order chi connectivity index (χ1) is 12.5. The summed E-state index contributed by atoms with van der Waals surface area (Å²) in [6.45, 7) is 2.14. The molecule has 1 aromatic heterocycles. The van der Waals surface area contributed by atoms with Gasteiger partial charge in [0.15, 0.2) is 5.11 Å². The lowest BCUT2D eigenvalue weighted by Crippen LogP contribution is -2.20. The monoisotopic (exact) mass is 428 g/mol. The summed E-state index contributed by atoms with van der Waals surface area (Å²) in [5.74, 6) is -0.307. The number of esters is 1. The number of nitrogens with one attached hydrogen (secondary N) is 2. The normalized spacial score (nSPS) is 13.0. The van der Waals surface area contributed by atoms with Crippen LogP contribution in [0.15, 0.2) is 18.2 Å². The van der Waals surface area contributed by atoms with Crippen molar-refractivity contribution in [3.63, 3.8) is 0 Å². The predicted molar refractivity (Wildman–Crippen MR) is 113 cm³/mol. The van der Waals surface area contributed by atoms with E-state index < -0.39 is 0 Å². The van der Waals surface area contributed by atoms with Crippen molar-refractivity contribution in [2.24, 2.45) is 0 Å². The Labute approximate surface area is 171 Å². The van der Waals surface area contributed by atoms with Crippen LogP contribution in [0.3, 0.4) is 0 Å². The molecule has 1 aliphatic rings. The molecule has 0 amide bonds. The molecule has 4 nitrogen and oxygen atoms in total. The van der Waals surface area contributed by atoms with Crippen molar-refractivity contribution in [3.8, 4) is 0 Å². The second-order valence-electron chi connectivity index (χ2n) is 5.84. The Morgan fingerprint density at radius 1 is 1.27 bits per heavy atom. The molecule has 8 heteroatoms. The molecular weight excluding hydrogens is 411 g/mol. The Morgan fingerprint density at radius 3 is 2.81 bits per heavy atom. The molecule has 1 aliphatic carbocycles. The molecule has 0 bridgehead atoms. The third-order valence-electron chi connectivity index (χ3n) is 4.05. The lowest BCUT2D eigenvalue weighted by Gasteiger charge is -2.13. The van der Waals surface area contributed by atoms with E-state index >= 15 is 0 Å². The summed E-state index contributed by atoms with van der Waals surface area (Å²) in [6, 6.07) is 5.10. The molecule has 0 aliphatic heterocycles. The molecule has 0 spiro atoms. The average molecular weight is 429 g/mol. The Kier molecular flexibility index (Phi) is 6.40. The Hall–Kier alpha value is -1.34. The van der Waals surface area contributed by atoms with Crippen molar-refractivity contribution in [3.05, 3.63) is 44.2 Å². The standard InChI is InChI=1S/C18H18Cl2N2O2S2/c1-2-24-17(23)15-11-5-3-4-6-14(11)26-16(15)22-18(25)21-13-9-10(19)7-8-12(13)20/h7-9H,2-6H2,1H3,(H2,21,22,25). The van der Waals surface area contributed by atoms with Gasteiger partial charge in [0.25, 0.3) is 0 Å². The first kappa shape index (κ1) is 19.4. The van der Waals surface area contributed by atoms with Crippen molar-refractivity contribution >= 4 is 68.5 Å². The predicted octanol–water partition coefficient (Wildman–Crippen LogP) is 5.92. The van der Waals surface area contributed by atoms with Gasteiger partial charge in [-0.2, -0.15) is 0 Å². The Balaban J connectivity index is 1.84. The molecular formula is C18H18Cl2N2O2S2. The van der Waals surface area contributed by atoms with Gasteiger partial charge in [-0.15, -0.1) is 11.3 Å². The number of halogens is 2. The minimum Gasteiger partial charge on any atom is -0.462 e. The van der Waals surface area contributed by atoms with E-state index in [1.165, 1.54) is 4.88 Å². The van der Waals surface area contributed by atoms with E-state index in [0.29, 0.717) is 38.0 Å². The van der Waals surface area contributed by atoms with Crippen LogP contribution < -0.4 is 10.6 Å². The Morgan fingerprint density at radius 2 is 2.04 bits per heavy atom. The van der Waals surface area contributed by atoms with Gasteiger partial charge in [-0.25, -0.2) is 4.79 Å². The molecule has 3 rings (SSSR count). The molecule has 0 atom stereocenters. The molecule has 1 heterocycles. The number of thiophene rings is 1. The molecule has 138 valence electrons. The molecule has 2 N–H and O–H groups in total. The highest BCUT2D eigenvalue weighted by Gasteiger charge is 2.26. The van der Waals surface area contributed by atoms with Crippen LogP contribution in [0.5, 0.6) is 0 Å². The molecule has 0 saturated carbocycles. The fourth-order valence-corrected chi connectivity index (χ4v) is 4.82. The number of rotatable bonds is 4. The van der Waals surface area contributed by atoms with E-state index in [2.05, 4.69) is 10.6 Å². The van der Waals surface area contributed by atoms with Crippen LogP contribution in [0.25, 0.3) is 0 Å². The van der Waals surface area contributed by atoms with Gasteiger partial charge in [-0.05, 0) is 68.6 Å². The zero-order chi connectivity index (χ0) is 18.7. The average Bonchev–Trinajstić information content (AvgIpc) is 2.96. The summed E-state index contributed by atoms with van der Waals surface area (Å²) in [5.41, 5.74) is 2.30. The number of anilines is 2. The van der Waals surface area contributed by atoms with E-state index in [4.69, 9.17) is 40.2 Å². The largest absolute Gasteiger partial charge is 0.462 e. The second kappa shape index (κ2) is 8.57. The summed E-state index contributed by atoms with van der Waals surface area (Å²) in [7, 11) is 0. The fourth-order valence-electron chi connectivity index (χ4n) is 2.92. The molecule has 0 radical (unpaired) electrons. The number of hydrogen-bond acceptors (Lipinski definition) is 4. The fraction of sp³-hybridized carbons (Fsp3) is 0.333. The van der Waals surface area contributed by atoms with E-state index in [0.717, 1.165) is 31.2 Å². The number of carbonyl (C=O) groups excluding carboxylic acids is 1. The third-order valence-corrected chi connectivity index (χ3v) is 6.03. The maximum Gasteiger partial charge on any atom is 0.341 e. The third kappa shape index (κ3) is 4.31. The van der Waals surface area contributed by atoms with Crippen LogP contribution in [0.2, 0.25) is 10.0 Å². The van der Waals surface area contributed by atoms with E-state index in [1.54, 1.807) is 36.5 Å². The summed E-state index contributed by atoms with van der Waals surface area (Å²) in [5, 5.41) is 8.30. The van der Waals surface area contributed by atoms with Gasteiger partial charge in [0.05, 0.1) is 22.9 Å². The van der Waals surface area contributed by atoms with Crippen molar-refractivity contribution in [1.82, 2.24) is 0 Å². The minimum absolute atomic E-state index is 0.307. The lowest BCUT2D eigenvalue weighted by atomic mass is 9.95. The molecule has 1 aromatic carbocycles. The number of ether oxygens (including phenoxy) is 1. The summed E-state index contributed by atoms with van der Waals surface area (Å²) in [6.07, 6.45) is 4.09. The number of aryl methyl sites for hydroxylation is 1. The zero-order valence-corrected chi connectivity index (χ0v) is 17.3. The van der Waals surface area contributed by atoms with Gasteiger partial charge in [-0.3, -0.25) is 0 Å². The van der Waals surface area contributed by atoms with Crippen LogP contribution in [-0.4, -0.2) is 17.7 Å². The molecule has 0 fully saturated rings. The van der Waals surface area contributed by atoms with Gasteiger partial charge in [0, 0.05) is 9.90 Å². The highest BCUT2D eigenvalue weighted by atomic mass is 35.5. The quantitative estimate of drug-likeness (QED) is 0.467. The van der Waals surface area contributed by atoms with Gasteiger partial charge < -0.3 is 15.4 Å². The van der Waals surface area contributed by atoms with Gasteiger partial charge in [-0.1, -0.05) is 23.2 Å². The van der Waals surface area contributed by atoms with Crippen molar-refractivity contribution < 1.29 is 9.53 Å². The zero-order valence-electron chi connectivity index (χ0n) is 14.2. The van der Waals surface area contributed by atoms with Crippen molar-refractivity contribution in [1.29, 1.82) is 0 Å². The van der Waals surface area contributed by atoms with Crippen LogP contribution in [0, 0.1) is 0 Å². The number of hydrogen-bond donors (Lipinski definition) is 2. The van der Waals surface area contributed by atoms with E-state index in [1.807, 2.05) is 0 Å². The van der Waals surface area contributed by atoms with Crippen LogP contribution in [-0.2, 0) is 17.6 Å². The van der Waals surface area contributed by atoms with Gasteiger partial charge >= 0.3 is 5.97 Å². The first-order valence-corrected chi connectivity index (χ1v) is 10.3. The first-order valence-electron chi connectivity index (χ1n) is 8.34. The molecule has 26 heavy (non-hydrogen) atoms. The summed E-state index contributed by atoms with van der Waals surface area (Å²) < 4.78 is 5.25. The highest BCUT2D eigenvalue weighted by Crippen LogP contribution is 2.38. The summed E-state index contributed by atoms with van der Waals surface area (Å²) in [4.78, 5) is 13.7. The molecule has 0 unspecified atom stereocenters. The van der Waals surface area contributed by atoms with Gasteiger partial charge in [0.1, 0.15) is 5.00 Å². The maximum atomic E-state index is 12.5. The van der Waals surface area contributed by atoms with E-state index in [-0.39, 0.29) is 5.97 Å². The smallest absolute Gasteiger partial charge is 0.341 e. The molecule has 0 saturated heterocycles. The molecule has 2 aromatic rings. The van der Waals surface area contributed by atoms with Crippen LogP contribution >= 0.6 is 46.8 Å². The lowest BCUT2D eigenvalue weighted by molar-refractivity contribution is 0.0526. The number of benzene rings is 1. The highest BCUT2D eigenvalue weighted by molar-refractivity contribution is 7.80. The SMILES string of the molecule is CCOC(=O)c1c(NC(=S)Nc2cc(Cl)ccc2Cl)sc2c1CCCC2. The van der Waals surface area contributed by atoms with Crippen molar-refractivity contribution in [2.75, 3.05) is 17.2 Å². The summed E-state index contributed by atoms with van der Waals surface area (Å²) >= 11 is 19.1. The van der Waals surface area contributed by atoms with Crippen LogP contribution in [0.1, 0.15) is 40.6 Å². The Bertz CT molecular complexity index is 852. The van der Waals surface area contributed by atoms with Crippen LogP contribution in [0.4, 0.5) is 10.7 Å². The number of thiocarbonyl (C=S) groups is 1. The second-order valence-corrected chi connectivity index (χ2v) is 8.20. The van der Waals surface area contributed by atoms with E-state index in [9.17, 15) is 4.79 Å².